The molecule has 6 nitrogen and oxygen atoms in total. The predicted octanol–water partition coefficient (Wildman–Crippen LogP) is 3.43. The van der Waals surface area contributed by atoms with Crippen LogP contribution in [0.25, 0.3) is 6.08 Å². The van der Waals surface area contributed by atoms with Gasteiger partial charge in [0, 0.05) is 18.3 Å². The monoisotopic (exact) mass is 404 g/mol. The Labute approximate surface area is 146 Å². The molecule has 124 valence electrons. The predicted molar refractivity (Wildman–Crippen MR) is 86.2 cm³/mol. The molecule has 23 heavy (non-hydrogen) atoms. The summed E-state index contributed by atoms with van der Waals surface area (Å²) in [6, 6.07) is 1.45. The maximum atomic E-state index is 12.0. The highest BCUT2D eigenvalue weighted by molar-refractivity contribution is 9.10. The molecule has 0 spiro atoms. The van der Waals surface area contributed by atoms with E-state index in [1.54, 1.807) is 6.92 Å². The highest BCUT2D eigenvalue weighted by Gasteiger charge is 2.39. The first-order valence-corrected chi connectivity index (χ1v) is 7.85. The van der Waals surface area contributed by atoms with Gasteiger partial charge >= 0.3 is 11.9 Å². The van der Waals surface area contributed by atoms with Crippen LogP contribution < -0.4 is 4.74 Å². The second-order valence-corrected chi connectivity index (χ2v) is 6.28. The van der Waals surface area contributed by atoms with Gasteiger partial charge in [-0.05, 0) is 40.6 Å². The molecule has 0 amide bonds. The molecular weight excluding hydrogens is 392 g/mol. The second-order valence-electron chi connectivity index (χ2n) is 5.11. The quantitative estimate of drug-likeness (QED) is 0.471. The van der Waals surface area contributed by atoms with Crippen LogP contribution in [-0.2, 0) is 19.1 Å². The highest BCUT2D eigenvalue weighted by Crippen LogP contribution is 2.42. The van der Waals surface area contributed by atoms with Crippen molar-refractivity contribution in [3.8, 4) is 11.5 Å². The smallest absolute Gasteiger partial charge is 0.348 e. The van der Waals surface area contributed by atoms with Gasteiger partial charge in [0.15, 0.2) is 11.5 Å². The van der Waals surface area contributed by atoms with Crippen molar-refractivity contribution < 1.29 is 28.9 Å². The van der Waals surface area contributed by atoms with Crippen LogP contribution in [0, 0.1) is 0 Å². The number of ether oxygens (including phenoxy) is 3. The van der Waals surface area contributed by atoms with Gasteiger partial charge in [-0.15, -0.1) is 0 Å². The maximum Gasteiger partial charge on any atom is 0.348 e. The van der Waals surface area contributed by atoms with E-state index in [0.717, 1.165) is 0 Å². The second kappa shape index (κ2) is 6.41. The average molecular weight is 406 g/mol. The van der Waals surface area contributed by atoms with E-state index in [0.29, 0.717) is 16.6 Å². The van der Waals surface area contributed by atoms with E-state index in [4.69, 9.17) is 25.8 Å². The van der Waals surface area contributed by atoms with Gasteiger partial charge in [0.1, 0.15) is 10.6 Å². The lowest BCUT2D eigenvalue weighted by Gasteiger charge is -2.29. The summed E-state index contributed by atoms with van der Waals surface area (Å²) < 4.78 is 15.6. The van der Waals surface area contributed by atoms with Crippen LogP contribution in [-0.4, -0.2) is 29.4 Å². The van der Waals surface area contributed by atoms with E-state index < -0.39 is 17.7 Å². The van der Waals surface area contributed by atoms with E-state index in [2.05, 4.69) is 15.9 Å². The van der Waals surface area contributed by atoms with Gasteiger partial charge in [-0.1, -0.05) is 11.6 Å². The van der Waals surface area contributed by atoms with Crippen molar-refractivity contribution in [2.24, 2.45) is 0 Å². The molecule has 1 heterocycles. The SMILES string of the molecule is CCOc1cc(C=C2C(=O)OC(C)(C)OC2=O)c(Br)c(Cl)c1O. The summed E-state index contributed by atoms with van der Waals surface area (Å²) in [4.78, 5) is 24.0. The fourth-order valence-corrected chi connectivity index (χ4v) is 2.54. The summed E-state index contributed by atoms with van der Waals surface area (Å²) in [5.74, 6) is -3.03. The van der Waals surface area contributed by atoms with E-state index in [9.17, 15) is 14.7 Å². The molecular formula is C15H14BrClO6. The number of carbonyl (C=O) groups is 2. The molecule has 8 heteroatoms. The van der Waals surface area contributed by atoms with E-state index in [1.165, 1.54) is 26.0 Å². The van der Waals surface area contributed by atoms with Crippen LogP contribution in [0.3, 0.4) is 0 Å². The highest BCUT2D eigenvalue weighted by atomic mass is 79.9. The molecule has 1 N–H and O–H groups in total. The van der Waals surface area contributed by atoms with E-state index >= 15 is 0 Å². The minimum Gasteiger partial charge on any atom is -0.503 e. The number of halogens is 2. The lowest BCUT2D eigenvalue weighted by atomic mass is 10.1. The summed E-state index contributed by atoms with van der Waals surface area (Å²) in [5.41, 5.74) is 0.0779. The third-order valence-electron chi connectivity index (χ3n) is 2.89. The molecule has 1 aliphatic rings. The van der Waals surface area contributed by atoms with E-state index in [1.807, 2.05) is 0 Å². The van der Waals surface area contributed by atoms with Gasteiger partial charge in [0.25, 0.3) is 5.79 Å². The van der Waals surface area contributed by atoms with Crippen molar-refractivity contribution in [1.82, 2.24) is 0 Å². The van der Waals surface area contributed by atoms with Crippen LogP contribution in [0.2, 0.25) is 5.02 Å². The summed E-state index contributed by atoms with van der Waals surface area (Å²) in [6.45, 7) is 4.96. The number of rotatable bonds is 3. The van der Waals surface area contributed by atoms with Crippen molar-refractivity contribution in [1.29, 1.82) is 0 Å². The van der Waals surface area contributed by atoms with Crippen LogP contribution in [0.15, 0.2) is 16.1 Å². The number of phenolic OH excluding ortho intramolecular Hbond substituents is 1. The number of phenols is 1. The zero-order valence-corrected chi connectivity index (χ0v) is 14.9. The number of hydrogen-bond acceptors (Lipinski definition) is 6. The lowest BCUT2D eigenvalue weighted by Crippen LogP contribution is -2.41. The third kappa shape index (κ3) is 3.61. The number of esters is 2. The average Bonchev–Trinajstić information content (AvgIpc) is 2.44. The van der Waals surface area contributed by atoms with Crippen LogP contribution in [0.4, 0.5) is 0 Å². The summed E-state index contributed by atoms with van der Waals surface area (Å²) in [6.07, 6.45) is 1.26. The lowest BCUT2D eigenvalue weighted by molar-refractivity contribution is -0.222. The Morgan fingerprint density at radius 3 is 2.43 bits per heavy atom. The molecule has 1 saturated heterocycles. The Kier molecular flexibility index (Phi) is 4.91. The molecule has 2 rings (SSSR count). The van der Waals surface area contributed by atoms with Crippen molar-refractivity contribution >= 4 is 45.5 Å². The third-order valence-corrected chi connectivity index (χ3v) is 4.34. The Morgan fingerprint density at radius 2 is 1.91 bits per heavy atom. The van der Waals surface area contributed by atoms with Crippen molar-refractivity contribution in [2.45, 2.75) is 26.6 Å². The van der Waals surface area contributed by atoms with Gasteiger partial charge in [-0.3, -0.25) is 0 Å². The maximum absolute atomic E-state index is 12.0. The Balaban J connectivity index is 2.50. The first-order chi connectivity index (χ1) is 10.7. The van der Waals surface area contributed by atoms with Crippen LogP contribution in [0.5, 0.6) is 11.5 Å². The fraction of sp³-hybridized carbons (Fsp3) is 0.333. The molecule has 1 aliphatic heterocycles. The molecule has 0 aromatic heterocycles. The molecule has 0 atom stereocenters. The molecule has 0 aliphatic carbocycles. The number of benzene rings is 1. The molecule has 1 fully saturated rings. The normalized spacial score (nSPS) is 16.7. The minimum atomic E-state index is -1.31. The number of hydrogen-bond donors (Lipinski definition) is 1. The van der Waals surface area contributed by atoms with Gasteiger partial charge in [0.05, 0.1) is 6.61 Å². The zero-order chi connectivity index (χ0) is 17.4. The Hall–Kier alpha value is -1.73. The van der Waals surface area contributed by atoms with Gasteiger partial charge in [-0.2, -0.15) is 0 Å². The number of aromatic hydroxyl groups is 1. The van der Waals surface area contributed by atoms with Crippen molar-refractivity contribution in [3.63, 3.8) is 0 Å². The van der Waals surface area contributed by atoms with Crippen molar-refractivity contribution in [3.05, 3.63) is 26.7 Å². The van der Waals surface area contributed by atoms with Gasteiger partial charge < -0.3 is 19.3 Å². The summed E-state index contributed by atoms with van der Waals surface area (Å²) >= 11 is 9.23. The van der Waals surface area contributed by atoms with Crippen LogP contribution >= 0.6 is 27.5 Å². The standard InChI is InChI=1S/C15H14BrClO6/c1-4-21-9-6-7(10(16)11(17)12(9)18)5-8-13(19)22-15(2,3)23-14(8)20/h5-6,18H,4H2,1-3H3. The molecule has 1 aromatic carbocycles. The number of cyclic esters (lactones) is 2. The largest absolute Gasteiger partial charge is 0.503 e. The molecule has 0 bridgehead atoms. The van der Waals surface area contributed by atoms with Gasteiger partial charge in [0.2, 0.25) is 0 Å². The molecule has 0 radical (unpaired) electrons. The summed E-state index contributed by atoms with van der Waals surface area (Å²) in [7, 11) is 0. The molecule has 1 aromatic rings. The first-order valence-electron chi connectivity index (χ1n) is 6.68. The Bertz CT molecular complexity index is 688. The zero-order valence-electron chi connectivity index (χ0n) is 12.6. The first kappa shape index (κ1) is 17.6. The number of carbonyl (C=O) groups excluding carboxylic acids is 2. The van der Waals surface area contributed by atoms with E-state index in [-0.39, 0.29) is 22.1 Å². The summed E-state index contributed by atoms with van der Waals surface area (Å²) in [5, 5.41) is 9.92. The molecule has 0 saturated carbocycles. The minimum absolute atomic E-state index is 0.000624. The van der Waals surface area contributed by atoms with Crippen molar-refractivity contribution in [2.75, 3.05) is 6.61 Å². The molecule has 0 unspecified atom stereocenters. The Morgan fingerprint density at radius 1 is 1.35 bits per heavy atom. The van der Waals surface area contributed by atoms with Crippen LogP contribution in [0.1, 0.15) is 26.3 Å². The fourth-order valence-electron chi connectivity index (χ4n) is 1.92. The topological polar surface area (TPSA) is 82.1 Å². The van der Waals surface area contributed by atoms with Gasteiger partial charge in [-0.25, -0.2) is 9.59 Å².